The molecule has 2 amide bonds. The minimum absolute atomic E-state index is 0.0384. The Hall–Kier alpha value is -4.80. The van der Waals surface area contributed by atoms with Crippen molar-refractivity contribution < 1.29 is 28.5 Å². The number of carbonyl (C=O) groups is 2. The number of rotatable bonds is 6. The van der Waals surface area contributed by atoms with E-state index in [-0.39, 0.29) is 17.9 Å². The normalized spacial score (nSPS) is 15.2. The molecule has 1 fully saturated rings. The van der Waals surface area contributed by atoms with Gasteiger partial charge in [-0.15, -0.1) is 0 Å². The molecule has 4 heterocycles. The van der Waals surface area contributed by atoms with Crippen LogP contribution in [-0.2, 0) is 4.74 Å². The Morgan fingerprint density at radius 3 is 2.43 bits per heavy atom. The van der Waals surface area contributed by atoms with Gasteiger partial charge in [-0.2, -0.15) is 5.10 Å². The van der Waals surface area contributed by atoms with E-state index < -0.39 is 5.60 Å². The fraction of sp³-hybridized carbons (Fsp3) is 0.394. The second-order valence-electron chi connectivity index (χ2n) is 11.9. The molecule has 44 heavy (non-hydrogen) atoms. The van der Waals surface area contributed by atoms with Crippen molar-refractivity contribution in [3.8, 4) is 28.5 Å². The SMILES string of the molecule is CCOc1ccc(-c2cc3nc(C4CCN(C(=O)OC(C)(C)C)CC4)c(C(=O)Nc4ccc5c(c4)OCCO5)cn3n2)cc1. The molecule has 0 bridgehead atoms. The predicted molar refractivity (Wildman–Crippen MR) is 165 cm³/mol. The molecule has 11 nitrogen and oxygen atoms in total. The number of hydrogen-bond donors (Lipinski definition) is 1. The van der Waals surface area contributed by atoms with Gasteiger partial charge in [0.05, 0.1) is 23.6 Å². The summed E-state index contributed by atoms with van der Waals surface area (Å²) in [6.45, 7) is 10.1. The molecule has 0 unspecified atom stereocenters. The predicted octanol–water partition coefficient (Wildman–Crippen LogP) is 5.93. The minimum Gasteiger partial charge on any atom is -0.494 e. The van der Waals surface area contributed by atoms with Crippen molar-refractivity contribution in [1.82, 2.24) is 19.5 Å². The molecule has 2 aliphatic rings. The third kappa shape index (κ3) is 6.41. The Morgan fingerprint density at radius 2 is 1.73 bits per heavy atom. The molecule has 0 aliphatic carbocycles. The molecule has 11 heteroatoms. The molecular weight excluding hydrogens is 562 g/mol. The zero-order chi connectivity index (χ0) is 30.8. The highest BCUT2D eigenvalue weighted by Crippen LogP contribution is 2.34. The van der Waals surface area contributed by atoms with Gasteiger partial charge in [0.2, 0.25) is 0 Å². The number of anilines is 1. The highest BCUT2D eigenvalue weighted by Gasteiger charge is 2.31. The number of carbonyl (C=O) groups excluding carboxylic acids is 2. The van der Waals surface area contributed by atoms with Crippen molar-refractivity contribution in [3.05, 3.63) is 66.0 Å². The van der Waals surface area contributed by atoms with Crippen LogP contribution >= 0.6 is 0 Å². The van der Waals surface area contributed by atoms with E-state index in [1.165, 1.54) is 0 Å². The maximum Gasteiger partial charge on any atom is 0.410 e. The van der Waals surface area contributed by atoms with Gasteiger partial charge >= 0.3 is 6.09 Å². The lowest BCUT2D eigenvalue weighted by Gasteiger charge is -2.33. The summed E-state index contributed by atoms with van der Waals surface area (Å²) in [6.07, 6.45) is 2.70. The Kier molecular flexibility index (Phi) is 8.03. The molecule has 4 aromatic rings. The lowest BCUT2D eigenvalue weighted by molar-refractivity contribution is 0.0203. The van der Waals surface area contributed by atoms with E-state index in [0.717, 1.165) is 17.0 Å². The summed E-state index contributed by atoms with van der Waals surface area (Å²) in [4.78, 5) is 33.2. The molecule has 2 aromatic heterocycles. The monoisotopic (exact) mass is 599 g/mol. The van der Waals surface area contributed by atoms with Gasteiger partial charge in [-0.25, -0.2) is 14.3 Å². The van der Waals surface area contributed by atoms with E-state index in [4.69, 9.17) is 29.0 Å². The second-order valence-corrected chi connectivity index (χ2v) is 11.9. The maximum absolute atomic E-state index is 13.8. The standard InChI is InChI=1S/C33H37N5O6/c1-5-41-24-9-6-21(7-10-24)26-19-29-35-30(22-12-14-37(15-13-22)32(40)44-33(2,3)4)25(20-38(29)36-26)31(39)34-23-8-11-27-28(18-23)43-17-16-42-27/h6-11,18-20,22H,5,12-17H2,1-4H3,(H,34,39). The van der Waals surface area contributed by atoms with Gasteiger partial charge in [-0.3, -0.25) is 4.79 Å². The van der Waals surface area contributed by atoms with Crippen molar-refractivity contribution in [3.63, 3.8) is 0 Å². The number of benzene rings is 2. The summed E-state index contributed by atoms with van der Waals surface area (Å²) >= 11 is 0. The Morgan fingerprint density at radius 1 is 1.00 bits per heavy atom. The van der Waals surface area contributed by atoms with Gasteiger partial charge in [0.1, 0.15) is 24.6 Å². The van der Waals surface area contributed by atoms with Crippen LogP contribution in [0.4, 0.5) is 10.5 Å². The molecular formula is C33H37N5O6. The number of nitrogens with one attached hydrogen (secondary N) is 1. The molecule has 0 atom stereocenters. The Labute approximate surface area is 256 Å². The molecule has 230 valence electrons. The largest absolute Gasteiger partial charge is 0.494 e. The Bertz CT molecular complexity index is 1670. The summed E-state index contributed by atoms with van der Waals surface area (Å²) in [5.74, 6) is 1.68. The summed E-state index contributed by atoms with van der Waals surface area (Å²) in [6, 6.07) is 15.0. The number of hydrogen-bond acceptors (Lipinski definition) is 8. The number of ether oxygens (including phenoxy) is 4. The second kappa shape index (κ2) is 12.1. The lowest BCUT2D eigenvalue weighted by Crippen LogP contribution is -2.41. The average molecular weight is 600 g/mol. The number of amides is 2. The molecule has 1 saturated heterocycles. The number of aromatic nitrogens is 3. The summed E-state index contributed by atoms with van der Waals surface area (Å²) in [7, 11) is 0. The van der Waals surface area contributed by atoms with Crippen LogP contribution in [-0.4, -0.2) is 70.0 Å². The van der Waals surface area contributed by atoms with Gasteiger partial charge < -0.3 is 29.2 Å². The molecule has 1 N–H and O–H groups in total. The van der Waals surface area contributed by atoms with Crippen LogP contribution in [0.15, 0.2) is 54.7 Å². The molecule has 0 saturated carbocycles. The number of nitrogens with zero attached hydrogens (tertiary/aromatic N) is 4. The third-order valence-corrected chi connectivity index (χ3v) is 7.52. The first-order valence-corrected chi connectivity index (χ1v) is 15.0. The third-order valence-electron chi connectivity index (χ3n) is 7.52. The summed E-state index contributed by atoms with van der Waals surface area (Å²) in [5.41, 5.74) is 3.39. The van der Waals surface area contributed by atoms with Crippen LogP contribution < -0.4 is 19.5 Å². The van der Waals surface area contributed by atoms with Crippen LogP contribution in [0.25, 0.3) is 16.9 Å². The minimum atomic E-state index is -0.567. The van der Waals surface area contributed by atoms with Crippen molar-refractivity contribution in [2.45, 2.75) is 52.1 Å². The highest BCUT2D eigenvalue weighted by molar-refractivity contribution is 6.05. The van der Waals surface area contributed by atoms with Crippen LogP contribution in [0.2, 0.25) is 0 Å². The van der Waals surface area contributed by atoms with E-state index in [2.05, 4.69) is 5.32 Å². The summed E-state index contributed by atoms with van der Waals surface area (Å²) < 4.78 is 24.1. The molecule has 0 radical (unpaired) electrons. The van der Waals surface area contributed by atoms with E-state index in [0.29, 0.717) is 79.8 Å². The van der Waals surface area contributed by atoms with Crippen molar-refractivity contribution >= 4 is 23.3 Å². The van der Waals surface area contributed by atoms with Gasteiger partial charge in [-0.05, 0) is 76.9 Å². The van der Waals surface area contributed by atoms with Crippen molar-refractivity contribution in [2.24, 2.45) is 0 Å². The first-order chi connectivity index (χ1) is 21.2. The van der Waals surface area contributed by atoms with Gasteiger partial charge in [-0.1, -0.05) is 0 Å². The van der Waals surface area contributed by atoms with E-state index in [9.17, 15) is 9.59 Å². The zero-order valence-corrected chi connectivity index (χ0v) is 25.5. The molecule has 0 spiro atoms. The molecule has 6 rings (SSSR count). The number of likely N-dealkylation sites (tertiary alicyclic amines) is 1. The van der Waals surface area contributed by atoms with Crippen LogP contribution in [0.3, 0.4) is 0 Å². The first-order valence-electron chi connectivity index (χ1n) is 15.0. The fourth-order valence-corrected chi connectivity index (χ4v) is 5.43. The number of piperidine rings is 1. The van der Waals surface area contributed by atoms with E-state index in [1.54, 1.807) is 33.8 Å². The van der Waals surface area contributed by atoms with Crippen LogP contribution in [0, 0.1) is 0 Å². The topological polar surface area (TPSA) is 117 Å². The maximum atomic E-state index is 13.8. The van der Waals surface area contributed by atoms with Crippen LogP contribution in [0.1, 0.15) is 62.5 Å². The van der Waals surface area contributed by atoms with Crippen molar-refractivity contribution in [1.29, 1.82) is 0 Å². The fourth-order valence-electron chi connectivity index (χ4n) is 5.43. The van der Waals surface area contributed by atoms with E-state index >= 15 is 0 Å². The van der Waals surface area contributed by atoms with Crippen molar-refractivity contribution in [2.75, 3.05) is 38.2 Å². The molecule has 2 aliphatic heterocycles. The van der Waals surface area contributed by atoms with E-state index in [1.807, 2.05) is 58.0 Å². The average Bonchev–Trinajstić information content (AvgIpc) is 3.43. The first kappa shape index (κ1) is 29.3. The molecule has 2 aromatic carbocycles. The summed E-state index contributed by atoms with van der Waals surface area (Å²) in [5, 5.41) is 7.76. The highest BCUT2D eigenvalue weighted by atomic mass is 16.6. The number of fused-ring (bicyclic) bond motifs is 2. The van der Waals surface area contributed by atoms with Gasteiger partial charge in [0.25, 0.3) is 5.91 Å². The van der Waals surface area contributed by atoms with Crippen LogP contribution in [0.5, 0.6) is 17.2 Å². The van der Waals surface area contributed by atoms with Gasteiger partial charge in [0, 0.05) is 48.6 Å². The lowest BCUT2D eigenvalue weighted by atomic mass is 9.90. The quantitative estimate of drug-likeness (QED) is 0.290. The Balaban J connectivity index is 1.30. The smallest absolute Gasteiger partial charge is 0.410 e. The van der Waals surface area contributed by atoms with Gasteiger partial charge in [0.15, 0.2) is 17.1 Å². The zero-order valence-electron chi connectivity index (χ0n) is 25.5.